The standard InChI is InChI=1S/C15H19N3O2/c19-14-11-7-4-8-12(13(11)15(20)18-17-14)16-9-10-5-2-1-3-6-10/h4,7-8,10,16H,1-3,5-6,9H2,(H,17,19)(H,18,20). The van der Waals surface area contributed by atoms with E-state index >= 15 is 0 Å². The summed E-state index contributed by atoms with van der Waals surface area (Å²) in [5, 5.41) is 8.98. The van der Waals surface area contributed by atoms with Crippen molar-refractivity contribution in [2.75, 3.05) is 11.9 Å². The number of H-pyrrole nitrogens is 2. The van der Waals surface area contributed by atoms with Gasteiger partial charge in [0.25, 0.3) is 11.1 Å². The summed E-state index contributed by atoms with van der Waals surface area (Å²) in [5.41, 5.74) is 0.229. The second kappa shape index (κ2) is 5.53. The van der Waals surface area contributed by atoms with E-state index in [4.69, 9.17) is 0 Å². The molecule has 0 unspecified atom stereocenters. The van der Waals surface area contributed by atoms with Crippen molar-refractivity contribution >= 4 is 16.5 Å². The van der Waals surface area contributed by atoms with Crippen molar-refractivity contribution in [1.82, 2.24) is 10.2 Å². The van der Waals surface area contributed by atoms with Crippen LogP contribution in [0.25, 0.3) is 10.8 Å². The highest BCUT2D eigenvalue weighted by molar-refractivity contribution is 5.92. The Bertz CT molecular complexity index is 711. The first kappa shape index (κ1) is 13.0. The van der Waals surface area contributed by atoms with E-state index in [1.165, 1.54) is 32.1 Å². The molecule has 0 saturated heterocycles. The Morgan fingerprint density at radius 1 is 1.05 bits per heavy atom. The van der Waals surface area contributed by atoms with E-state index in [2.05, 4.69) is 15.5 Å². The summed E-state index contributed by atoms with van der Waals surface area (Å²) in [5.74, 6) is 0.667. The van der Waals surface area contributed by atoms with Crippen molar-refractivity contribution in [1.29, 1.82) is 0 Å². The van der Waals surface area contributed by atoms with Crippen molar-refractivity contribution in [2.45, 2.75) is 32.1 Å². The number of nitrogens with one attached hydrogen (secondary N) is 3. The molecule has 1 aromatic heterocycles. The average Bonchev–Trinajstić information content (AvgIpc) is 2.50. The minimum absolute atomic E-state index is 0.258. The van der Waals surface area contributed by atoms with Crippen LogP contribution in [0.5, 0.6) is 0 Å². The molecule has 5 nitrogen and oxygen atoms in total. The number of hydrogen-bond acceptors (Lipinski definition) is 3. The number of benzene rings is 1. The van der Waals surface area contributed by atoms with Gasteiger partial charge in [0.15, 0.2) is 0 Å². The summed E-state index contributed by atoms with van der Waals surface area (Å²) in [6.07, 6.45) is 6.41. The topological polar surface area (TPSA) is 77.8 Å². The van der Waals surface area contributed by atoms with Crippen LogP contribution in [0.2, 0.25) is 0 Å². The fourth-order valence-corrected chi connectivity index (χ4v) is 3.02. The van der Waals surface area contributed by atoms with E-state index in [0.29, 0.717) is 16.7 Å². The molecule has 0 radical (unpaired) electrons. The number of anilines is 1. The smallest absolute Gasteiger partial charge is 0.272 e. The van der Waals surface area contributed by atoms with E-state index in [9.17, 15) is 9.59 Å². The van der Waals surface area contributed by atoms with Crippen LogP contribution < -0.4 is 16.4 Å². The molecule has 1 aliphatic carbocycles. The Balaban J connectivity index is 1.89. The first-order valence-electron chi connectivity index (χ1n) is 7.23. The lowest BCUT2D eigenvalue weighted by atomic mass is 9.89. The van der Waals surface area contributed by atoms with Gasteiger partial charge in [0.2, 0.25) is 0 Å². The van der Waals surface area contributed by atoms with Gasteiger partial charge >= 0.3 is 0 Å². The van der Waals surface area contributed by atoms with Gasteiger partial charge in [-0.25, -0.2) is 0 Å². The van der Waals surface area contributed by atoms with Crippen LogP contribution in [0.4, 0.5) is 5.69 Å². The zero-order valence-electron chi connectivity index (χ0n) is 11.4. The maximum Gasteiger partial charge on any atom is 0.272 e. The Morgan fingerprint density at radius 3 is 2.60 bits per heavy atom. The summed E-state index contributed by atoms with van der Waals surface area (Å²) in [6, 6.07) is 5.34. The monoisotopic (exact) mass is 273 g/mol. The Hall–Kier alpha value is -2.04. The minimum Gasteiger partial charge on any atom is -0.384 e. The average molecular weight is 273 g/mol. The maximum atomic E-state index is 11.9. The summed E-state index contributed by atoms with van der Waals surface area (Å²) < 4.78 is 0. The summed E-state index contributed by atoms with van der Waals surface area (Å²) in [7, 11) is 0. The van der Waals surface area contributed by atoms with Crippen LogP contribution in [0, 0.1) is 5.92 Å². The molecule has 1 heterocycles. The van der Waals surface area contributed by atoms with Crippen LogP contribution in [-0.4, -0.2) is 16.7 Å². The van der Waals surface area contributed by atoms with Gasteiger partial charge < -0.3 is 5.32 Å². The molecule has 1 aromatic carbocycles. The first-order valence-corrected chi connectivity index (χ1v) is 7.23. The normalized spacial score (nSPS) is 16.4. The molecule has 106 valence electrons. The molecule has 0 atom stereocenters. The van der Waals surface area contributed by atoms with E-state index in [1.807, 2.05) is 6.07 Å². The predicted molar refractivity (Wildman–Crippen MR) is 80.3 cm³/mol. The second-order valence-corrected chi connectivity index (χ2v) is 5.52. The van der Waals surface area contributed by atoms with E-state index in [0.717, 1.165) is 12.2 Å². The van der Waals surface area contributed by atoms with Gasteiger partial charge in [0.05, 0.1) is 10.8 Å². The van der Waals surface area contributed by atoms with E-state index < -0.39 is 0 Å². The minimum atomic E-state index is -0.263. The third-order valence-corrected chi connectivity index (χ3v) is 4.13. The van der Waals surface area contributed by atoms with Crippen LogP contribution >= 0.6 is 0 Å². The fourth-order valence-electron chi connectivity index (χ4n) is 3.02. The first-order chi connectivity index (χ1) is 9.75. The van der Waals surface area contributed by atoms with Gasteiger partial charge in [-0.1, -0.05) is 25.3 Å². The summed E-state index contributed by atoms with van der Waals surface area (Å²) in [6.45, 7) is 0.866. The SMILES string of the molecule is O=c1[nH][nH]c(=O)c2c(NCC3CCCCC3)cccc12. The zero-order chi connectivity index (χ0) is 13.9. The molecule has 3 rings (SSSR count). The van der Waals surface area contributed by atoms with Gasteiger partial charge in [-0.2, -0.15) is 0 Å². The van der Waals surface area contributed by atoms with Crippen molar-refractivity contribution in [3.05, 3.63) is 38.9 Å². The van der Waals surface area contributed by atoms with Crippen molar-refractivity contribution in [3.63, 3.8) is 0 Å². The van der Waals surface area contributed by atoms with E-state index in [1.54, 1.807) is 12.1 Å². The molecule has 0 aliphatic heterocycles. The molecule has 2 aromatic rings. The van der Waals surface area contributed by atoms with Gasteiger partial charge in [0.1, 0.15) is 0 Å². The molecule has 3 N–H and O–H groups in total. The van der Waals surface area contributed by atoms with Crippen LogP contribution in [-0.2, 0) is 0 Å². The molecular formula is C15H19N3O2. The van der Waals surface area contributed by atoms with Crippen LogP contribution in [0.15, 0.2) is 27.8 Å². The maximum absolute atomic E-state index is 11.9. The Labute approximate surface area is 116 Å². The number of aromatic amines is 2. The number of rotatable bonds is 3. The largest absolute Gasteiger partial charge is 0.384 e. The lowest BCUT2D eigenvalue weighted by Crippen LogP contribution is -2.22. The van der Waals surface area contributed by atoms with Crippen molar-refractivity contribution in [2.24, 2.45) is 5.92 Å². The van der Waals surface area contributed by atoms with Crippen molar-refractivity contribution in [3.8, 4) is 0 Å². The van der Waals surface area contributed by atoms with Gasteiger partial charge in [-0.3, -0.25) is 19.8 Å². The molecule has 0 bridgehead atoms. The molecule has 0 amide bonds. The Kier molecular flexibility index (Phi) is 3.58. The number of hydrogen-bond donors (Lipinski definition) is 3. The summed E-state index contributed by atoms with van der Waals surface area (Å²) >= 11 is 0. The second-order valence-electron chi connectivity index (χ2n) is 5.52. The quantitative estimate of drug-likeness (QED) is 0.802. The molecule has 1 aliphatic rings. The third-order valence-electron chi connectivity index (χ3n) is 4.13. The fraction of sp³-hybridized carbons (Fsp3) is 0.467. The number of aromatic nitrogens is 2. The molecule has 1 saturated carbocycles. The number of fused-ring (bicyclic) bond motifs is 1. The van der Waals surface area contributed by atoms with Crippen LogP contribution in [0.3, 0.4) is 0 Å². The zero-order valence-corrected chi connectivity index (χ0v) is 11.4. The molecule has 5 heteroatoms. The van der Waals surface area contributed by atoms with E-state index in [-0.39, 0.29) is 11.1 Å². The lowest BCUT2D eigenvalue weighted by Gasteiger charge is -2.22. The van der Waals surface area contributed by atoms with Gasteiger partial charge in [0, 0.05) is 12.2 Å². The lowest BCUT2D eigenvalue weighted by molar-refractivity contribution is 0.373. The van der Waals surface area contributed by atoms with Gasteiger partial charge in [-0.15, -0.1) is 0 Å². The predicted octanol–water partition coefficient (Wildman–Crippen LogP) is 2.21. The molecule has 1 fully saturated rings. The highest BCUT2D eigenvalue weighted by Gasteiger charge is 2.14. The van der Waals surface area contributed by atoms with Crippen molar-refractivity contribution < 1.29 is 0 Å². The highest BCUT2D eigenvalue weighted by Crippen LogP contribution is 2.25. The summed E-state index contributed by atoms with van der Waals surface area (Å²) in [4.78, 5) is 23.7. The molecule has 0 spiro atoms. The molecule has 20 heavy (non-hydrogen) atoms. The van der Waals surface area contributed by atoms with Crippen LogP contribution in [0.1, 0.15) is 32.1 Å². The molecular weight excluding hydrogens is 254 g/mol. The third kappa shape index (κ3) is 2.48. The Morgan fingerprint density at radius 2 is 1.80 bits per heavy atom. The van der Waals surface area contributed by atoms with Gasteiger partial charge in [-0.05, 0) is 30.9 Å². The highest BCUT2D eigenvalue weighted by atomic mass is 16.1.